The molecule has 2 aromatic rings. The number of nitrogens with zero attached hydrogens (tertiary/aromatic N) is 1. The zero-order chi connectivity index (χ0) is 17.3. The Morgan fingerprint density at radius 2 is 2.12 bits per heavy atom. The average Bonchev–Trinajstić information content (AvgIpc) is 3.22. The summed E-state index contributed by atoms with van der Waals surface area (Å²) in [5.41, 5.74) is 2.05. The number of hydrogen-bond acceptors (Lipinski definition) is 5. The summed E-state index contributed by atoms with van der Waals surface area (Å²) < 4.78 is 46.4. The van der Waals surface area contributed by atoms with Gasteiger partial charge in [0.15, 0.2) is 5.76 Å². The Hall–Kier alpha value is -1.73. The molecule has 1 heterocycles. The highest BCUT2D eigenvalue weighted by Crippen LogP contribution is 2.44. The summed E-state index contributed by atoms with van der Waals surface area (Å²) in [6.07, 6.45) is 3.73. The van der Waals surface area contributed by atoms with Crippen LogP contribution in [-0.2, 0) is 14.3 Å². The lowest BCUT2D eigenvalue weighted by Crippen LogP contribution is -2.10. The molecule has 0 N–H and O–H groups in total. The Balaban J connectivity index is 1.78. The summed E-state index contributed by atoms with van der Waals surface area (Å²) in [5, 5.41) is 4.09. The molecule has 130 valence electrons. The number of benzene rings is 1. The summed E-state index contributed by atoms with van der Waals surface area (Å²) in [5.74, 6) is 0.554. The lowest BCUT2D eigenvalue weighted by atomic mass is 9.95. The molecule has 1 aromatic carbocycles. The maximum absolute atomic E-state index is 14.0. The maximum atomic E-state index is 14.0. The van der Waals surface area contributed by atoms with Gasteiger partial charge in [-0.15, -0.1) is 0 Å². The topological polar surface area (TPSA) is 69.4 Å². The molecule has 0 spiro atoms. The van der Waals surface area contributed by atoms with E-state index in [-0.39, 0.29) is 18.3 Å². The van der Waals surface area contributed by atoms with E-state index in [1.807, 2.05) is 6.92 Å². The molecule has 0 radical (unpaired) electrons. The van der Waals surface area contributed by atoms with Gasteiger partial charge in [0.25, 0.3) is 10.1 Å². The first-order chi connectivity index (χ1) is 11.3. The predicted molar refractivity (Wildman–Crippen MR) is 87.5 cm³/mol. The molecular weight excluding hydrogens is 333 g/mol. The zero-order valence-corrected chi connectivity index (χ0v) is 14.5. The van der Waals surface area contributed by atoms with Crippen molar-refractivity contribution in [2.45, 2.75) is 32.1 Å². The fourth-order valence-corrected chi connectivity index (χ4v) is 3.27. The van der Waals surface area contributed by atoms with E-state index in [4.69, 9.17) is 8.71 Å². The molecule has 24 heavy (non-hydrogen) atoms. The largest absolute Gasteiger partial charge is 0.356 e. The van der Waals surface area contributed by atoms with Crippen molar-refractivity contribution in [2.24, 2.45) is 5.92 Å². The van der Waals surface area contributed by atoms with Crippen molar-refractivity contribution in [1.29, 1.82) is 0 Å². The Labute approximate surface area is 140 Å². The lowest BCUT2D eigenvalue weighted by Gasteiger charge is -2.12. The molecule has 7 heteroatoms. The predicted octanol–water partition coefficient (Wildman–Crippen LogP) is 3.65. The lowest BCUT2D eigenvalue weighted by molar-refractivity contribution is 0.292. The SMILES string of the molecule is Cc1ccc(F)c(-c2cc(C(CCOS(C)(=O)=O)C3CC3)no2)c1. The first kappa shape index (κ1) is 17.1. The van der Waals surface area contributed by atoms with Gasteiger partial charge in [-0.1, -0.05) is 16.8 Å². The average molecular weight is 353 g/mol. The number of aromatic nitrogens is 1. The standard InChI is InChI=1S/C17H20FNO4S/c1-11-3-6-15(18)14(9-11)17-10-16(19-23-17)13(12-4-5-12)7-8-22-24(2,20)21/h3,6,9-10,12-13H,4-5,7-8H2,1-2H3. The van der Waals surface area contributed by atoms with Crippen LogP contribution >= 0.6 is 0 Å². The molecule has 1 aliphatic rings. The molecule has 3 rings (SSSR count). The first-order valence-corrected chi connectivity index (χ1v) is 9.72. The van der Waals surface area contributed by atoms with E-state index in [0.717, 1.165) is 30.4 Å². The molecular formula is C17H20FNO4S. The van der Waals surface area contributed by atoms with Crippen LogP contribution in [0.1, 0.15) is 36.4 Å². The van der Waals surface area contributed by atoms with Crippen LogP contribution in [0.25, 0.3) is 11.3 Å². The number of hydrogen-bond donors (Lipinski definition) is 0. The number of rotatable bonds is 7. The van der Waals surface area contributed by atoms with Crippen molar-refractivity contribution in [1.82, 2.24) is 5.16 Å². The summed E-state index contributed by atoms with van der Waals surface area (Å²) in [4.78, 5) is 0. The maximum Gasteiger partial charge on any atom is 0.264 e. The van der Waals surface area contributed by atoms with Crippen LogP contribution in [0.3, 0.4) is 0 Å². The van der Waals surface area contributed by atoms with Gasteiger partial charge in [-0.05, 0) is 44.2 Å². The smallest absolute Gasteiger partial charge is 0.264 e. The van der Waals surface area contributed by atoms with Crippen molar-refractivity contribution < 1.29 is 21.5 Å². The van der Waals surface area contributed by atoms with Crippen molar-refractivity contribution in [3.05, 3.63) is 41.3 Å². The minimum Gasteiger partial charge on any atom is -0.356 e. The molecule has 1 aromatic heterocycles. The van der Waals surface area contributed by atoms with Crippen molar-refractivity contribution in [2.75, 3.05) is 12.9 Å². The van der Waals surface area contributed by atoms with Gasteiger partial charge in [-0.3, -0.25) is 4.18 Å². The van der Waals surface area contributed by atoms with Gasteiger partial charge in [-0.25, -0.2) is 4.39 Å². The van der Waals surface area contributed by atoms with E-state index in [9.17, 15) is 12.8 Å². The number of aryl methyl sites for hydroxylation is 1. The van der Waals surface area contributed by atoms with E-state index in [1.165, 1.54) is 6.07 Å². The normalized spacial score (nSPS) is 16.3. The highest BCUT2D eigenvalue weighted by Gasteiger charge is 2.34. The van der Waals surface area contributed by atoms with Gasteiger partial charge in [-0.2, -0.15) is 8.42 Å². The minimum absolute atomic E-state index is 0.0668. The number of halogens is 1. The highest BCUT2D eigenvalue weighted by molar-refractivity contribution is 7.85. The van der Waals surface area contributed by atoms with Crippen molar-refractivity contribution in [3.8, 4) is 11.3 Å². The van der Waals surface area contributed by atoms with Gasteiger partial charge >= 0.3 is 0 Å². The molecule has 1 saturated carbocycles. The van der Waals surface area contributed by atoms with E-state index < -0.39 is 10.1 Å². The van der Waals surface area contributed by atoms with Gasteiger partial charge in [0.1, 0.15) is 5.82 Å². The van der Waals surface area contributed by atoms with Crippen LogP contribution in [0, 0.1) is 18.7 Å². The second-order valence-electron chi connectivity index (χ2n) is 6.36. The molecule has 5 nitrogen and oxygen atoms in total. The van der Waals surface area contributed by atoms with Crippen molar-refractivity contribution in [3.63, 3.8) is 0 Å². The van der Waals surface area contributed by atoms with E-state index in [2.05, 4.69) is 5.16 Å². The molecule has 1 fully saturated rings. The van der Waals surface area contributed by atoms with Gasteiger partial charge in [0.05, 0.1) is 24.1 Å². The monoisotopic (exact) mass is 353 g/mol. The molecule has 0 aliphatic heterocycles. The second kappa shape index (κ2) is 6.64. The Bertz CT molecular complexity index is 827. The minimum atomic E-state index is -3.45. The zero-order valence-electron chi connectivity index (χ0n) is 13.7. The molecule has 1 aliphatic carbocycles. The summed E-state index contributed by atoms with van der Waals surface area (Å²) in [7, 11) is -3.45. The van der Waals surface area contributed by atoms with Gasteiger partial charge in [0.2, 0.25) is 0 Å². The fraction of sp³-hybridized carbons (Fsp3) is 0.471. The molecule has 1 atom stereocenters. The molecule has 0 amide bonds. The Morgan fingerprint density at radius 3 is 2.79 bits per heavy atom. The molecule has 0 saturated heterocycles. The summed E-state index contributed by atoms with van der Waals surface area (Å²) in [6, 6.07) is 6.58. The van der Waals surface area contributed by atoms with Crippen LogP contribution < -0.4 is 0 Å². The summed E-state index contributed by atoms with van der Waals surface area (Å²) >= 11 is 0. The van der Waals surface area contributed by atoms with Crippen molar-refractivity contribution >= 4 is 10.1 Å². The van der Waals surface area contributed by atoms with E-state index in [1.54, 1.807) is 18.2 Å². The third-order valence-electron chi connectivity index (χ3n) is 4.21. The van der Waals surface area contributed by atoms with Crippen LogP contribution in [0.4, 0.5) is 4.39 Å². The third-order valence-corrected chi connectivity index (χ3v) is 4.81. The first-order valence-electron chi connectivity index (χ1n) is 7.91. The van der Waals surface area contributed by atoms with E-state index in [0.29, 0.717) is 23.7 Å². The van der Waals surface area contributed by atoms with Crippen LogP contribution in [-0.4, -0.2) is 26.4 Å². The highest BCUT2D eigenvalue weighted by atomic mass is 32.2. The quantitative estimate of drug-likeness (QED) is 0.711. The van der Waals surface area contributed by atoms with Gasteiger partial charge in [0, 0.05) is 12.0 Å². The molecule has 0 bridgehead atoms. The Kier molecular flexibility index (Phi) is 4.73. The molecule has 1 unspecified atom stereocenters. The fourth-order valence-electron chi connectivity index (χ4n) is 2.87. The van der Waals surface area contributed by atoms with Crippen LogP contribution in [0.15, 0.2) is 28.8 Å². The van der Waals surface area contributed by atoms with Gasteiger partial charge < -0.3 is 4.52 Å². The van der Waals surface area contributed by atoms with E-state index >= 15 is 0 Å². The third kappa shape index (κ3) is 4.21. The van der Waals surface area contributed by atoms with Crippen LogP contribution in [0.2, 0.25) is 0 Å². The second-order valence-corrected chi connectivity index (χ2v) is 8.00. The van der Waals surface area contributed by atoms with Crippen LogP contribution in [0.5, 0.6) is 0 Å². The summed E-state index contributed by atoms with van der Waals surface area (Å²) in [6.45, 7) is 2.00. The Morgan fingerprint density at radius 1 is 1.38 bits per heavy atom.